The maximum absolute atomic E-state index is 12.3. The summed E-state index contributed by atoms with van der Waals surface area (Å²) in [6.45, 7) is 0. The van der Waals surface area contributed by atoms with E-state index >= 15 is 0 Å². The Labute approximate surface area is 213 Å². The van der Waals surface area contributed by atoms with Gasteiger partial charge in [0.15, 0.2) is 0 Å². The van der Waals surface area contributed by atoms with Gasteiger partial charge in [0.1, 0.15) is 16.8 Å². The van der Waals surface area contributed by atoms with E-state index in [1.165, 1.54) is 17.6 Å². The van der Waals surface area contributed by atoms with Crippen LogP contribution in [-0.4, -0.2) is 24.0 Å². The van der Waals surface area contributed by atoms with Crippen molar-refractivity contribution in [3.63, 3.8) is 0 Å². The molecule has 0 saturated carbocycles. The molecule has 0 bridgehead atoms. The van der Waals surface area contributed by atoms with Gasteiger partial charge in [-0.3, -0.25) is 9.59 Å². The van der Waals surface area contributed by atoms with Crippen LogP contribution in [0, 0.1) is 11.3 Å². The van der Waals surface area contributed by atoms with Crippen molar-refractivity contribution in [2.24, 2.45) is 5.10 Å². The first kappa shape index (κ1) is 24.3. The Morgan fingerprint density at radius 2 is 1.86 bits per heavy atom. The molecule has 0 fully saturated rings. The van der Waals surface area contributed by atoms with Crippen molar-refractivity contribution in [3.8, 4) is 11.8 Å². The van der Waals surface area contributed by atoms with Crippen molar-refractivity contribution in [1.82, 2.24) is 5.43 Å². The monoisotopic (exact) mass is 550 g/mol. The summed E-state index contributed by atoms with van der Waals surface area (Å²) in [4.78, 5) is 37.7. The van der Waals surface area contributed by atoms with E-state index in [1.807, 2.05) is 6.07 Å². The summed E-state index contributed by atoms with van der Waals surface area (Å²) in [6.07, 6.45) is 5.10. The number of halogens is 1. The van der Waals surface area contributed by atoms with Crippen LogP contribution in [0.15, 0.2) is 58.1 Å². The smallest absolute Gasteiger partial charge is 0.343 e. The number of hydrogen-bond acceptors (Lipinski definition) is 7. The Bertz CT molecular complexity index is 1360. The minimum atomic E-state index is -0.948. The fourth-order valence-electron chi connectivity index (χ4n) is 3.55. The molecule has 8 nitrogen and oxygen atoms in total. The molecule has 2 aromatic carbocycles. The van der Waals surface area contributed by atoms with Crippen LogP contribution in [0.1, 0.15) is 44.8 Å². The Kier molecular flexibility index (Phi) is 7.70. The summed E-state index contributed by atoms with van der Waals surface area (Å²) in [5, 5.41) is 16.2. The third-order valence-corrected chi connectivity index (χ3v) is 6.95. The molecule has 35 heavy (non-hydrogen) atoms. The van der Waals surface area contributed by atoms with Crippen LogP contribution >= 0.6 is 27.3 Å². The Balaban J connectivity index is 1.31. The van der Waals surface area contributed by atoms with E-state index in [-0.39, 0.29) is 0 Å². The van der Waals surface area contributed by atoms with Gasteiger partial charge in [-0.05, 0) is 79.3 Å². The number of amides is 2. The predicted octanol–water partition coefficient (Wildman–Crippen LogP) is 4.57. The van der Waals surface area contributed by atoms with Crippen molar-refractivity contribution >= 4 is 56.3 Å². The molecule has 2 N–H and O–H groups in total. The zero-order chi connectivity index (χ0) is 24.8. The fourth-order valence-corrected chi connectivity index (χ4v) is 5.19. The SMILES string of the molecule is N#Cc1c(NC(=O)C(=O)N/N=C\c2ccc(OC(=O)c3cccc(Br)c3)cc2)sc2c1CCCC2. The van der Waals surface area contributed by atoms with E-state index in [1.54, 1.807) is 42.5 Å². The van der Waals surface area contributed by atoms with Gasteiger partial charge in [0.2, 0.25) is 0 Å². The average molecular weight is 551 g/mol. The van der Waals surface area contributed by atoms with Crippen LogP contribution in [0.2, 0.25) is 0 Å². The highest BCUT2D eigenvalue weighted by molar-refractivity contribution is 9.10. The number of hydrogen-bond donors (Lipinski definition) is 2. The van der Waals surface area contributed by atoms with Gasteiger partial charge in [0.25, 0.3) is 0 Å². The molecule has 3 aromatic rings. The number of ether oxygens (including phenoxy) is 1. The topological polar surface area (TPSA) is 121 Å². The standard InChI is InChI=1S/C25H19BrN4O4S/c26-17-5-3-4-16(12-17)25(33)34-18-10-8-15(9-11-18)14-28-30-23(32)22(31)29-24-20(13-27)19-6-1-2-7-21(19)35-24/h3-5,8-12,14H,1-2,6-7H2,(H,29,31)(H,30,32)/b28-14-. The Morgan fingerprint density at radius 3 is 2.60 bits per heavy atom. The van der Waals surface area contributed by atoms with Gasteiger partial charge in [-0.25, -0.2) is 10.2 Å². The third-order valence-electron chi connectivity index (χ3n) is 5.25. The molecule has 1 aliphatic carbocycles. The second-order valence-electron chi connectivity index (χ2n) is 7.65. The summed E-state index contributed by atoms with van der Waals surface area (Å²) in [5.74, 6) is -1.98. The van der Waals surface area contributed by atoms with Gasteiger partial charge in [-0.1, -0.05) is 22.0 Å². The maximum atomic E-state index is 12.3. The van der Waals surface area contributed by atoms with Crippen LogP contribution < -0.4 is 15.5 Å². The number of nitrogens with zero attached hydrogens (tertiary/aromatic N) is 2. The highest BCUT2D eigenvalue weighted by Crippen LogP contribution is 2.37. The number of rotatable bonds is 5. The first-order valence-electron chi connectivity index (χ1n) is 10.7. The minimum Gasteiger partial charge on any atom is -0.423 e. The van der Waals surface area contributed by atoms with E-state index in [0.29, 0.717) is 27.4 Å². The highest BCUT2D eigenvalue weighted by Gasteiger charge is 2.23. The predicted molar refractivity (Wildman–Crippen MR) is 136 cm³/mol. The number of aryl methyl sites for hydroxylation is 1. The number of carbonyl (C=O) groups excluding carboxylic acids is 3. The summed E-state index contributed by atoms with van der Waals surface area (Å²) in [7, 11) is 0. The van der Waals surface area contributed by atoms with Crippen molar-refractivity contribution < 1.29 is 19.1 Å². The molecule has 176 valence electrons. The number of benzene rings is 2. The lowest BCUT2D eigenvalue weighted by Crippen LogP contribution is -2.32. The molecule has 0 aliphatic heterocycles. The highest BCUT2D eigenvalue weighted by atomic mass is 79.9. The summed E-state index contributed by atoms with van der Waals surface area (Å²) >= 11 is 4.66. The van der Waals surface area contributed by atoms with Gasteiger partial charge >= 0.3 is 17.8 Å². The first-order chi connectivity index (χ1) is 16.9. The van der Waals surface area contributed by atoms with Crippen LogP contribution in [0.25, 0.3) is 0 Å². The summed E-state index contributed by atoms with van der Waals surface area (Å²) in [6, 6.07) is 15.5. The number of nitriles is 1. The second kappa shape index (κ2) is 11.1. The molecule has 10 heteroatoms. The van der Waals surface area contributed by atoms with Crippen molar-refractivity contribution in [1.29, 1.82) is 5.26 Å². The summed E-state index contributed by atoms with van der Waals surface area (Å²) in [5.41, 5.74) is 4.62. The molecule has 1 aliphatic rings. The van der Waals surface area contributed by atoms with E-state index in [4.69, 9.17) is 4.74 Å². The lowest BCUT2D eigenvalue weighted by molar-refractivity contribution is -0.136. The lowest BCUT2D eigenvalue weighted by Gasteiger charge is -2.09. The number of anilines is 1. The largest absolute Gasteiger partial charge is 0.423 e. The van der Waals surface area contributed by atoms with Gasteiger partial charge in [-0.2, -0.15) is 10.4 Å². The van der Waals surface area contributed by atoms with Gasteiger partial charge in [0, 0.05) is 9.35 Å². The fraction of sp³-hybridized carbons (Fsp3) is 0.160. The third kappa shape index (κ3) is 6.01. The number of carbonyl (C=O) groups is 3. The Morgan fingerprint density at radius 1 is 1.09 bits per heavy atom. The number of nitrogens with one attached hydrogen (secondary N) is 2. The molecule has 0 spiro atoms. The molecule has 4 rings (SSSR count). The molecular formula is C25H19BrN4O4S. The molecule has 0 atom stereocenters. The number of hydrazone groups is 1. The second-order valence-corrected chi connectivity index (χ2v) is 9.67. The van der Waals surface area contributed by atoms with Gasteiger partial charge in [-0.15, -0.1) is 11.3 Å². The van der Waals surface area contributed by atoms with Crippen molar-refractivity contribution in [3.05, 3.63) is 80.1 Å². The van der Waals surface area contributed by atoms with Crippen LogP contribution in [0.3, 0.4) is 0 Å². The van der Waals surface area contributed by atoms with E-state index < -0.39 is 17.8 Å². The van der Waals surface area contributed by atoms with Crippen LogP contribution in [-0.2, 0) is 22.4 Å². The van der Waals surface area contributed by atoms with Crippen molar-refractivity contribution in [2.75, 3.05) is 5.32 Å². The average Bonchev–Trinajstić information content (AvgIpc) is 3.21. The zero-order valence-corrected chi connectivity index (χ0v) is 20.7. The molecule has 1 aromatic heterocycles. The quantitative estimate of drug-likeness (QED) is 0.158. The first-order valence-corrected chi connectivity index (χ1v) is 12.3. The maximum Gasteiger partial charge on any atom is 0.343 e. The normalized spacial score (nSPS) is 12.5. The number of fused-ring (bicyclic) bond motifs is 1. The zero-order valence-electron chi connectivity index (χ0n) is 18.3. The van der Waals surface area contributed by atoms with E-state index in [9.17, 15) is 19.6 Å². The van der Waals surface area contributed by atoms with E-state index in [0.717, 1.165) is 40.6 Å². The molecule has 1 heterocycles. The lowest BCUT2D eigenvalue weighted by atomic mass is 9.96. The molecular weight excluding hydrogens is 532 g/mol. The summed E-state index contributed by atoms with van der Waals surface area (Å²) < 4.78 is 6.11. The van der Waals surface area contributed by atoms with Crippen molar-refractivity contribution in [2.45, 2.75) is 25.7 Å². The Hall–Kier alpha value is -3.81. The number of esters is 1. The van der Waals surface area contributed by atoms with Gasteiger partial charge < -0.3 is 10.1 Å². The molecule has 2 amide bonds. The van der Waals surface area contributed by atoms with E-state index in [2.05, 4.69) is 37.8 Å². The van der Waals surface area contributed by atoms with Crippen LogP contribution in [0.5, 0.6) is 5.75 Å². The number of thiophene rings is 1. The van der Waals surface area contributed by atoms with Gasteiger partial charge in [0.05, 0.1) is 17.3 Å². The molecule has 0 unspecified atom stereocenters. The molecule has 0 radical (unpaired) electrons. The minimum absolute atomic E-state index is 0.350. The van der Waals surface area contributed by atoms with Crippen LogP contribution in [0.4, 0.5) is 5.00 Å². The molecule has 0 saturated heterocycles.